The van der Waals surface area contributed by atoms with Crippen LogP contribution in [-0.4, -0.2) is 36.6 Å². The van der Waals surface area contributed by atoms with Crippen LogP contribution in [0.25, 0.3) is 0 Å². The number of ether oxygens (including phenoxy) is 1. The lowest BCUT2D eigenvalue weighted by Gasteiger charge is -2.35. The van der Waals surface area contributed by atoms with E-state index in [0.29, 0.717) is 19.1 Å². The summed E-state index contributed by atoms with van der Waals surface area (Å²) in [7, 11) is 0. The molecule has 0 spiro atoms. The van der Waals surface area contributed by atoms with E-state index in [4.69, 9.17) is 15.7 Å². The van der Waals surface area contributed by atoms with Crippen molar-refractivity contribution in [2.45, 2.75) is 31.9 Å². The number of carbonyl (C=O) groups is 1. The van der Waals surface area contributed by atoms with Crippen LogP contribution in [0.1, 0.15) is 30.4 Å². The van der Waals surface area contributed by atoms with E-state index >= 15 is 0 Å². The van der Waals surface area contributed by atoms with E-state index in [0.717, 1.165) is 37.9 Å². The number of nitrogens with zero attached hydrogens (tertiary/aromatic N) is 2. The first kappa shape index (κ1) is 16.9. The fourth-order valence-corrected chi connectivity index (χ4v) is 3.83. The molecule has 1 aromatic rings. The number of hydrogen-bond acceptors (Lipinski definition) is 4. The number of amides is 1. The maximum atomic E-state index is 13.7. The van der Waals surface area contributed by atoms with Crippen molar-refractivity contribution in [3.05, 3.63) is 35.1 Å². The molecular weight excluding hydrogens is 309 g/mol. The van der Waals surface area contributed by atoms with Crippen LogP contribution in [0.2, 0.25) is 0 Å². The summed E-state index contributed by atoms with van der Waals surface area (Å²) in [5.41, 5.74) is 6.42. The van der Waals surface area contributed by atoms with Crippen LogP contribution in [0.15, 0.2) is 18.2 Å². The van der Waals surface area contributed by atoms with Crippen molar-refractivity contribution >= 4 is 5.91 Å². The van der Waals surface area contributed by atoms with Crippen LogP contribution in [0, 0.1) is 29.0 Å². The summed E-state index contributed by atoms with van der Waals surface area (Å²) >= 11 is 0. The molecule has 2 aliphatic heterocycles. The van der Waals surface area contributed by atoms with Gasteiger partial charge in [-0.1, -0.05) is 6.07 Å². The van der Waals surface area contributed by atoms with Crippen LogP contribution in [-0.2, 0) is 16.1 Å². The number of halogens is 1. The maximum Gasteiger partial charge on any atom is 0.223 e. The van der Waals surface area contributed by atoms with Gasteiger partial charge in [-0.05, 0) is 56.0 Å². The van der Waals surface area contributed by atoms with Gasteiger partial charge in [-0.15, -0.1) is 0 Å². The summed E-state index contributed by atoms with van der Waals surface area (Å²) in [6.45, 7) is 3.05. The van der Waals surface area contributed by atoms with Gasteiger partial charge in [0.05, 0.1) is 17.6 Å². The summed E-state index contributed by atoms with van der Waals surface area (Å²) in [5.74, 6) is -0.519. The number of primary amides is 1. The Bertz CT molecular complexity index is 650. The molecule has 2 aliphatic rings. The fraction of sp³-hybridized carbons (Fsp3) is 0.556. The first-order chi connectivity index (χ1) is 11.6. The smallest absolute Gasteiger partial charge is 0.223 e. The number of rotatable bonds is 4. The summed E-state index contributed by atoms with van der Waals surface area (Å²) < 4.78 is 19.5. The minimum atomic E-state index is -0.464. The SMILES string of the molecule is N#Cc1ccc(CN2CCC([C@H]3OCC[C@@H]3C(N)=O)CC2)cc1F. The van der Waals surface area contributed by atoms with Gasteiger partial charge >= 0.3 is 0 Å². The molecule has 6 heteroatoms. The third kappa shape index (κ3) is 3.58. The average molecular weight is 331 g/mol. The van der Waals surface area contributed by atoms with Crippen LogP contribution >= 0.6 is 0 Å². The molecule has 2 fully saturated rings. The summed E-state index contributed by atoms with van der Waals surface area (Å²) in [6.07, 6.45) is 2.59. The lowest BCUT2D eigenvalue weighted by molar-refractivity contribution is -0.124. The number of nitrogens with two attached hydrogens (primary N) is 1. The van der Waals surface area contributed by atoms with Crippen molar-refractivity contribution in [2.75, 3.05) is 19.7 Å². The average Bonchev–Trinajstić information content (AvgIpc) is 3.06. The molecule has 1 aromatic carbocycles. The Kier molecular flexibility index (Phi) is 5.12. The highest BCUT2D eigenvalue weighted by Gasteiger charge is 2.39. The van der Waals surface area contributed by atoms with Crippen molar-refractivity contribution in [3.63, 3.8) is 0 Å². The monoisotopic (exact) mass is 331 g/mol. The van der Waals surface area contributed by atoms with E-state index in [1.807, 2.05) is 6.07 Å². The van der Waals surface area contributed by atoms with Crippen molar-refractivity contribution in [3.8, 4) is 6.07 Å². The molecular formula is C18H22FN3O2. The lowest BCUT2D eigenvalue weighted by Crippen LogP contribution is -2.41. The third-order valence-corrected chi connectivity index (χ3v) is 5.16. The quantitative estimate of drug-likeness (QED) is 0.912. The van der Waals surface area contributed by atoms with E-state index in [1.165, 1.54) is 12.1 Å². The van der Waals surface area contributed by atoms with Crippen LogP contribution in [0.4, 0.5) is 4.39 Å². The Morgan fingerprint density at radius 3 is 2.75 bits per heavy atom. The molecule has 0 unspecified atom stereocenters. The number of hydrogen-bond donors (Lipinski definition) is 1. The van der Waals surface area contributed by atoms with Crippen molar-refractivity contribution in [2.24, 2.45) is 17.6 Å². The number of likely N-dealkylation sites (tertiary alicyclic amines) is 1. The van der Waals surface area contributed by atoms with E-state index in [9.17, 15) is 9.18 Å². The van der Waals surface area contributed by atoms with Crippen LogP contribution in [0.5, 0.6) is 0 Å². The van der Waals surface area contributed by atoms with Gasteiger partial charge in [0.25, 0.3) is 0 Å². The number of piperidine rings is 1. The highest BCUT2D eigenvalue weighted by Crippen LogP contribution is 2.33. The fourth-order valence-electron chi connectivity index (χ4n) is 3.83. The van der Waals surface area contributed by atoms with Crippen molar-refractivity contribution in [1.29, 1.82) is 5.26 Å². The van der Waals surface area contributed by atoms with Gasteiger partial charge in [-0.2, -0.15) is 5.26 Å². The molecule has 128 valence electrons. The first-order valence-corrected chi connectivity index (χ1v) is 8.40. The number of carbonyl (C=O) groups excluding carboxylic acids is 1. The summed E-state index contributed by atoms with van der Waals surface area (Å²) in [5, 5.41) is 8.78. The molecule has 0 saturated carbocycles. The van der Waals surface area contributed by atoms with Gasteiger partial charge in [0.15, 0.2) is 0 Å². The predicted molar refractivity (Wildman–Crippen MR) is 86.2 cm³/mol. The van der Waals surface area contributed by atoms with E-state index in [-0.39, 0.29) is 23.5 Å². The summed E-state index contributed by atoms with van der Waals surface area (Å²) in [6, 6.07) is 6.61. The third-order valence-electron chi connectivity index (χ3n) is 5.16. The Labute approximate surface area is 141 Å². The minimum Gasteiger partial charge on any atom is -0.377 e. The second kappa shape index (κ2) is 7.29. The molecule has 2 N–H and O–H groups in total. The van der Waals surface area contributed by atoms with Crippen molar-refractivity contribution in [1.82, 2.24) is 4.90 Å². The molecule has 2 atom stereocenters. The van der Waals surface area contributed by atoms with E-state index in [1.54, 1.807) is 6.07 Å². The van der Waals surface area contributed by atoms with E-state index < -0.39 is 5.82 Å². The molecule has 3 rings (SSSR count). The second-order valence-electron chi connectivity index (χ2n) is 6.67. The molecule has 2 heterocycles. The van der Waals surface area contributed by atoms with Crippen molar-refractivity contribution < 1.29 is 13.9 Å². The first-order valence-electron chi connectivity index (χ1n) is 8.40. The Balaban J connectivity index is 1.55. The second-order valence-corrected chi connectivity index (χ2v) is 6.67. The van der Waals surface area contributed by atoms with Crippen LogP contribution < -0.4 is 5.73 Å². The lowest BCUT2D eigenvalue weighted by atomic mass is 9.84. The van der Waals surface area contributed by atoms with Gasteiger partial charge in [-0.25, -0.2) is 4.39 Å². The molecule has 2 saturated heterocycles. The molecule has 0 aliphatic carbocycles. The van der Waals surface area contributed by atoms with E-state index in [2.05, 4.69) is 4.90 Å². The topological polar surface area (TPSA) is 79.3 Å². The van der Waals surface area contributed by atoms with Crippen LogP contribution in [0.3, 0.4) is 0 Å². The zero-order valence-electron chi connectivity index (χ0n) is 13.6. The van der Waals surface area contributed by atoms with Gasteiger partial charge in [-0.3, -0.25) is 9.69 Å². The normalized spacial score (nSPS) is 25.5. The Hall–Kier alpha value is -1.97. The molecule has 5 nitrogen and oxygen atoms in total. The van der Waals surface area contributed by atoms with Gasteiger partial charge in [0.2, 0.25) is 5.91 Å². The molecule has 0 bridgehead atoms. The number of nitriles is 1. The molecule has 1 amide bonds. The highest BCUT2D eigenvalue weighted by atomic mass is 19.1. The molecule has 0 aromatic heterocycles. The maximum absolute atomic E-state index is 13.7. The van der Waals surface area contributed by atoms with Gasteiger partial charge in [0, 0.05) is 13.2 Å². The Morgan fingerprint density at radius 2 is 2.12 bits per heavy atom. The highest BCUT2D eigenvalue weighted by molar-refractivity contribution is 5.77. The zero-order chi connectivity index (χ0) is 17.1. The summed E-state index contributed by atoms with van der Waals surface area (Å²) in [4.78, 5) is 13.8. The zero-order valence-corrected chi connectivity index (χ0v) is 13.6. The van der Waals surface area contributed by atoms with Gasteiger partial charge in [0.1, 0.15) is 11.9 Å². The molecule has 24 heavy (non-hydrogen) atoms. The predicted octanol–water partition coefficient (Wildman–Crippen LogP) is 1.80. The molecule has 0 radical (unpaired) electrons. The number of benzene rings is 1. The minimum absolute atomic E-state index is 0.0444. The Morgan fingerprint density at radius 1 is 1.38 bits per heavy atom. The standard InChI is InChI=1S/C18H22FN3O2/c19-16-9-12(1-2-14(16)10-20)11-22-6-3-13(4-7-22)17-15(18(21)23)5-8-24-17/h1-2,9,13,15,17H,3-8,11H2,(H2,21,23)/t15-,17+/m0/s1. The van der Waals surface area contributed by atoms with Gasteiger partial charge < -0.3 is 10.5 Å². The largest absolute Gasteiger partial charge is 0.377 e.